The van der Waals surface area contributed by atoms with Gasteiger partial charge in [0.25, 0.3) is 0 Å². The molecule has 1 aliphatic carbocycles. The molecule has 3 aliphatic rings. The minimum Gasteiger partial charge on any atom is -0.481 e. The van der Waals surface area contributed by atoms with Gasteiger partial charge in [0.2, 0.25) is 5.91 Å². The van der Waals surface area contributed by atoms with Crippen LogP contribution in [0.3, 0.4) is 0 Å². The summed E-state index contributed by atoms with van der Waals surface area (Å²) in [4.78, 5) is 38.7. The molecule has 2 aromatic carbocycles. The number of nitrogens with zero attached hydrogens (tertiary/aromatic N) is 1. The number of alkyl carbamates (subject to hydrolysis) is 1. The molecule has 7 heteroatoms. The lowest BCUT2D eigenvalue weighted by Crippen LogP contribution is -2.48. The van der Waals surface area contributed by atoms with Crippen LogP contribution in [0.4, 0.5) is 4.79 Å². The lowest BCUT2D eigenvalue weighted by Gasteiger charge is -2.38. The maximum atomic E-state index is 13.0. The van der Waals surface area contributed by atoms with Gasteiger partial charge < -0.3 is 20.1 Å². The van der Waals surface area contributed by atoms with Crippen molar-refractivity contribution in [1.82, 2.24) is 10.2 Å². The van der Waals surface area contributed by atoms with Crippen molar-refractivity contribution in [2.45, 2.75) is 57.0 Å². The van der Waals surface area contributed by atoms with Gasteiger partial charge in [0.1, 0.15) is 6.61 Å². The van der Waals surface area contributed by atoms with E-state index in [1.54, 1.807) is 0 Å². The number of rotatable bonds is 7. The minimum absolute atomic E-state index is 0.0105. The Kier molecular flexibility index (Phi) is 6.50. The number of piperidine rings is 1. The molecule has 2 heterocycles. The van der Waals surface area contributed by atoms with Crippen LogP contribution in [0.5, 0.6) is 0 Å². The fourth-order valence-electron chi connectivity index (χ4n) is 6.17. The van der Waals surface area contributed by atoms with Crippen LogP contribution in [0.1, 0.15) is 56.1 Å². The summed E-state index contributed by atoms with van der Waals surface area (Å²) in [6.45, 7) is 2.55. The van der Waals surface area contributed by atoms with E-state index in [2.05, 4.69) is 29.6 Å². The normalized spacial score (nSPS) is 23.3. The standard InChI is InChI=1S/C28H32N2O5/c1-17(12-26(31)30-19-10-11-20(30)14-18(13-19)27(32)33)15-29-28(34)35-16-25-23-8-4-2-6-21(23)22-7-3-5-9-24(22)25/h2-9,17-20,25H,10-16H2,1H3,(H,29,34)(H,32,33). The zero-order valence-corrected chi connectivity index (χ0v) is 20.0. The molecule has 5 rings (SSSR count). The maximum absolute atomic E-state index is 13.0. The van der Waals surface area contributed by atoms with Gasteiger partial charge in [-0.05, 0) is 53.9 Å². The third-order valence-corrected chi connectivity index (χ3v) is 7.83. The van der Waals surface area contributed by atoms with Crippen molar-refractivity contribution in [2.24, 2.45) is 11.8 Å². The number of carbonyl (C=O) groups is 3. The first-order valence-electron chi connectivity index (χ1n) is 12.5. The van der Waals surface area contributed by atoms with Gasteiger partial charge in [0, 0.05) is 31.0 Å². The van der Waals surface area contributed by atoms with E-state index in [4.69, 9.17) is 4.74 Å². The summed E-state index contributed by atoms with van der Waals surface area (Å²) in [5.74, 6) is -1.07. The van der Waals surface area contributed by atoms with Gasteiger partial charge in [-0.2, -0.15) is 0 Å². The molecular formula is C28H32N2O5. The monoisotopic (exact) mass is 476 g/mol. The number of carboxylic acids is 1. The predicted molar refractivity (Wildman–Crippen MR) is 131 cm³/mol. The molecule has 2 N–H and O–H groups in total. The van der Waals surface area contributed by atoms with E-state index in [0.29, 0.717) is 25.8 Å². The molecule has 3 atom stereocenters. The van der Waals surface area contributed by atoms with E-state index < -0.39 is 12.1 Å². The van der Waals surface area contributed by atoms with Gasteiger partial charge in [-0.1, -0.05) is 55.5 Å². The Morgan fingerprint density at radius 1 is 1.00 bits per heavy atom. The van der Waals surface area contributed by atoms with Gasteiger partial charge in [0.05, 0.1) is 5.92 Å². The molecule has 0 radical (unpaired) electrons. The van der Waals surface area contributed by atoms with Crippen molar-refractivity contribution in [3.63, 3.8) is 0 Å². The first-order chi connectivity index (χ1) is 16.9. The minimum atomic E-state index is -0.755. The molecule has 0 spiro atoms. The second kappa shape index (κ2) is 9.72. The lowest BCUT2D eigenvalue weighted by molar-refractivity contribution is -0.148. The molecule has 2 bridgehead atoms. The third-order valence-electron chi connectivity index (χ3n) is 7.83. The van der Waals surface area contributed by atoms with Crippen molar-refractivity contribution in [3.8, 4) is 11.1 Å². The summed E-state index contributed by atoms with van der Waals surface area (Å²) in [6, 6.07) is 16.5. The van der Waals surface area contributed by atoms with Crippen molar-refractivity contribution >= 4 is 18.0 Å². The SMILES string of the molecule is CC(CNC(=O)OCC1c2ccccc2-c2ccccc21)CC(=O)N1C2CCC1CC(C(=O)O)C2. The Hall–Kier alpha value is -3.35. The molecule has 0 aromatic heterocycles. The summed E-state index contributed by atoms with van der Waals surface area (Å²) < 4.78 is 5.59. The Balaban J connectivity index is 1.10. The highest BCUT2D eigenvalue weighted by Gasteiger charge is 2.45. The number of amides is 2. The average molecular weight is 477 g/mol. The molecule has 2 amide bonds. The van der Waals surface area contributed by atoms with Crippen LogP contribution < -0.4 is 5.32 Å². The number of nitrogens with one attached hydrogen (secondary N) is 1. The van der Waals surface area contributed by atoms with E-state index in [0.717, 1.165) is 12.8 Å². The summed E-state index contributed by atoms with van der Waals surface area (Å²) in [5.41, 5.74) is 4.71. The number of ether oxygens (including phenoxy) is 1. The van der Waals surface area contributed by atoms with E-state index in [-0.39, 0.29) is 42.4 Å². The summed E-state index contributed by atoms with van der Waals surface area (Å²) in [6.07, 6.45) is 2.70. The van der Waals surface area contributed by atoms with Crippen molar-refractivity contribution in [2.75, 3.05) is 13.2 Å². The quantitative estimate of drug-likeness (QED) is 0.617. The maximum Gasteiger partial charge on any atom is 0.407 e. The molecule has 2 aliphatic heterocycles. The van der Waals surface area contributed by atoms with Crippen LogP contribution in [0.25, 0.3) is 11.1 Å². The lowest BCUT2D eigenvalue weighted by atomic mass is 9.90. The first-order valence-corrected chi connectivity index (χ1v) is 12.5. The number of aliphatic carboxylic acids is 1. The smallest absolute Gasteiger partial charge is 0.407 e. The van der Waals surface area contributed by atoms with E-state index in [1.807, 2.05) is 36.1 Å². The number of hydrogen-bond acceptors (Lipinski definition) is 4. The average Bonchev–Trinajstić information content (AvgIpc) is 3.32. The fraction of sp³-hybridized carbons (Fsp3) is 0.464. The van der Waals surface area contributed by atoms with Crippen molar-refractivity contribution < 1.29 is 24.2 Å². The molecule has 0 saturated carbocycles. The predicted octanol–water partition coefficient (Wildman–Crippen LogP) is 4.41. The van der Waals surface area contributed by atoms with Gasteiger partial charge in [-0.3, -0.25) is 9.59 Å². The van der Waals surface area contributed by atoms with E-state index in [9.17, 15) is 19.5 Å². The van der Waals surface area contributed by atoms with Gasteiger partial charge in [0.15, 0.2) is 0 Å². The zero-order valence-electron chi connectivity index (χ0n) is 20.0. The second-order valence-corrected chi connectivity index (χ2v) is 10.2. The molecule has 35 heavy (non-hydrogen) atoms. The van der Waals surface area contributed by atoms with Crippen LogP contribution in [0, 0.1) is 11.8 Å². The van der Waals surface area contributed by atoms with E-state index >= 15 is 0 Å². The number of fused-ring (bicyclic) bond motifs is 5. The highest BCUT2D eigenvalue weighted by molar-refractivity contribution is 5.80. The highest BCUT2D eigenvalue weighted by Crippen LogP contribution is 2.44. The molecule has 2 aromatic rings. The molecular weight excluding hydrogens is 444 g/mol. The van der Waals surface area contributed by atoms with Crippen LogP contribution >= 0.6 is 0 Å². The number of hydrogen-bond donors (Lipinski definition) is 2. The number of benzene rings is 2. The topological polar surface area (TPSA) is 95.9 Å². The summed E-state index contributed by atoms with van der Waals surface area (Å²) >= 11 is 0. The fourth-order valence-corrected chi connectivity index (χ4v) is 6.17. The van der Waals surface area contributed by atoms with Crippen molar-refractivity contribution in [3.05, 3.63) is 59.7 Å². The first kappa shape index (κ1) is 23.4. The number of carbonyl (C=O) groups excluding carboxylic acids is 2. The number of carboxylic acid groups (broad SMARTS) is 1. The van der Waals surface area contributed by atoms with Gasteiger partial charge in [-0.25, -0.2) is 4.79 Å². The zero-order chi connectivity index (χ0) is 24.5. The largest absolute Gasteiger partial charge is 0.481 e. The van der Waals surface area contributed by atoms with Crippen LogP contribution in [-0.4, -0.2) is 53.2 Å². The Morgan fingerprint density at radius 2 is 1.57 bits per heavy atom. The summed E-state index contributed by atoms with van der Waals surface area (Å²) in [7, 11) is 0. The Morgan fingerprint density at radius 3 is 2.14 bits per heavy atom. The third kappa shape index (κ3) is 4.64. The second-order valence-electron chi connectivity index (χ2n) is 10.2. The van der Waals surface area contributed by atoms with Crippen LogP contribution in [0.2, 0.25) is 0 Å². The Labute approximate surface area is 205 Å². The molecule has 2 fully saturated rings. The highest BCUT2D eigenvalue weighted by atomic mass is 16.5. The van der Waals surface area contributed by atoms with Crippen molar-refractivity contribution in [1.29, 1.82) is 0 Å². The molecule has 184 valence electrons. The van der Waals surface area contributed by atoms with Gasteiger partial charge in [-0.15, -0.1) is 0 Å². The molecule has 3 unspecified atom stereocenters. The van der Waals surface area contributed by atoms with Gasteiger partial charge >= 0.3 is 12.1 Å². The van der Waals surface area contributed by atoms with E-state index in [1.165, 1.54) is 22.3 Å². The summed E-state index contributed by atoms with van der Waals surface area (Å²) in [5, 5.41) is 12.2. The van der Waals surface area contributed by atoms with Crippen LogP contribution in [0.15, 0.2) is 48.5 Å². The van der Waals surface area contributed by atoms with Crippen LogP contribution in [-0.2, 0) is 14.3 Å². The molecule has 2 saturated heterocycles. The molecule has 7 nitrogen and oxygen atoms in total. The Bertz CT molecular complexity index is 1070.